The van der Waals surface area contributed by atoms with Gasteiger partial charge in [0.05, 0.1) is 16.8 Å². The molecule has 0 N–H and O–H groups in total. The molecule has 1 aliphatic heterocycles. The zero-order valence-corrected chi connectivity index (χ0v) is 18.3. The highest BCUT2D eigenvalue weighted by atomic mass is 32.2. The molecule has 1 saturated heterocycles. The molecule has 8 nitrogen and oxygen atoms in total. The van der Waals surface area contributed by atoms with Crippen LogP contribution >= 0.6 is 11.8 Å². The van der Waals surface area contributed by atoms with Crippen LogP contribution in [0, 0.1) is 6.92 Å². The maximum absolute atomic E-state index is 12.8. The summed E-state index contributed by atoms with van der Waals surface area (Å²) in [5, 5.41) is 7.74. The lowest BCUT2D eigenvalue weighted by Gasteiger charge is -2.28. The monoisotopic (exact) mass is 439 g/mol. The second kappa shape index (κ2) is 9.17. The zero-order chi connectivity index (χ0) is 21.0. The third-order valence-electron chi connectivity index (χ3n) is 4.73. The molecule has 2 aromatic rings. The normalized spacial score (nSPS) is 19.1. The van der Waals surface area contributed by atoms with Crippen molar-refractivity contribution in [3.8, 4) is 5.75 Å². The Hall–Kier alpha value is -2.07. The minimum absolute atomic E-state index is 0.0328. The molecule has 1 aliphatic rings. The van der Waals surface area contributed by atoms with E-state index in [0.717, 1.165) is 17.3 Å². The van der Waals surface area contributed by atoms with Gasteiger partial charge in [-0.15, -0.1) is 10.2 Å². The lowest BCUT2D eigenvalue weighted by atomic mass is 10.2. The summed E-state index contributed by atoms with van der Waals surface area (Å²) in [6, 6.07) is 7.37. The minimum Gasteiger partial charge on any atom is -0.484 e. The zero-order valence-electron chi connectivity index (χ0n) is 16.7. The van der Waals surface area contributed by atoms with Crippen LogP contribution in [0.25, 0.3) is 0 Å². The largest absolute Gasteiger partial charge is 0.484 e. The van der Waals surface area contributed by atoms with Gasteiger partial charge >= 0.3 is 0 Å². The maximum Gasteiger partial charge on any atom is 0.277 e. The van der Waals surface area contributed by atoms with Gasteiger partial charge in [0, 0.05) is 12.6 Å². The third-order valence-corrected chi connectivity index (χ3v) is 7.40. The molecule has 1 aromatic carbocycles. The van der Waals surface area contributed by atoms with E-state index in [2.05, 4.69) is 10.2 Å². The van der Waals surface area contributed by atoms with E-state index in [1.807, 2.05) is 38.1 Å². The standard InChI is InChI=1S/C19H25N3O5S2/c1-4-22(15-9-10-29(24,25)12-15)18(23)14(3)28-19-21-20-17(27-19)11-26-16-7-5-13(2)6-8-16/h5-8,14-15H,4,9-12H2,1-3H3. The molecule has 10 heteroatoms. The summed E-state index contributed by atoms with van der Waals surface area (Å²) in [6.07, 6.45) is 0.486. The molecular weight excluding hydrogens is 414 g/mol. The number of ether oxygens (including phenoxy) is 1. The predicted octanol–water partition coefficient (Wildman–Crippen LogP) is 2.47. The van der Waals surface area contributed by atoms with E-state index in [-0.39, 0.29) is 35.3 Å². The summed E-state index contributed by atoms with van der Waals surface area (Å²) in [6.45, 7) is 6.21. The first-order valence-electron chi connectivity index (χ1n) is 9.47. The highest BCUT2D eigenvalue weighted by Gasteiger charge is 2.35. The van der Waals surface area contributed by atoms with E-state index in [0.29, 0.717) is 24.6 Å². The summed E-state index contributed by atoms with van der Waals surface area (Å²) in [5.74, 6) is 1.07. The summed E-state index contributed by atoms with van der Waals surface area (Å²) >= 11 is 1.16. The lowest BCUT2D eigenvalue weighted by Crippen LogP contribution is -2.44. The van der Waals surface area contributed by atoms with Gasteiger partial charge in [0.15, 0.2) is 16.4 Å². The topological polar surface area (TPSA) is 103 Å². The van der Waals surface area contributed by atoms with Crippen molar-refractivity contribution in [1.29, 1.82) is 0 Å². The number of nitrogens with zero attached hydrogens (tertiary/aromatic N) is 3. The van der Waals surface area contributed by atoms with Crippen molar-refractivity contribution >= 4 is 27.5 Å². The van der Waals surface area contributed by atoms with E-state index in [1.165, 1.54) is 0 Å². The first-order chi connectivity index (χ1) is 13.8. The van der Waals surface area contributed by atoms with Crippen molar-refractivity contribution in [3.63, 3.8) is 0 Å². The fourth-order valence-corrected chi connectivity index (χ4v) is 5.68. The molecule has 0 saturated carbocycles. The van der Waals surface area contributed by atoms with Crippen LogP contribution in [0.2, 0.25) is 0 Å². The molecule has 0 spiro atoms. The highest BCUT2D eigenvalue weighted by molar-refractivity contribution is 8.00. The van der Waals surface area contributed by atoms with E-state index < -0.39 is 15.1 Å². The van der Waals surface area contributed by atoms with Crippen LogP contribution < -0.4 is 4.74 Å². The number of hydrogen-bond donors (Lipinski definition) is 0. The first kappa shape index (κ1) is 21.6. The Morgan fingerprint density at radius 3 is 2.69 bits per heavy atom. The number of hydrogen-bond acceptors (Lipinski definition) is 8. The van der Waals surface area contributed by atoms with Gasteiger partial charge in [0.25, 0.3) is 11.1 Å². The van der Waals surface area contributed by atoms with Crippen molar-refractivity contribution in [2.24, 2.45) is 0 Å². The predicted molar refractivity (Wildman–Crippen MR) is 110 cm³/mol. The van der Waals surface area contributed by atoms with Crippen LogP contribution in [0.5, 0.6) is 5.75 Å². The molecule has 0 radical (unpaired) electrons. The fraction of sp³-hybridized carbons (Fsp3) is 0.526. The van der Waals surface area contributed by atoms with Crippen LogP contribution in [0.4, 0.5) is 0 Å². The quantitative estimate of drug-likeness (QED) is 0.578. The number of thioether (sulfide) groups is 1. The van der Waals surface area contributed by atoms with Gasteiger partial charge in [0.1, 0.15) is 5.75 Å². The number of aryl methyl sites for hydroxylation is 1. The van der Waals surface area contributed by atoms with E-state index in [1.54, 1.807) is 11.8 Å². The van der Waals surface area contributed by atoms with E-state index >= 15 is 0 Å². The average Bonchev–Trinajstić information content (AvgIpc) is 3.27. The van der Waals surface area contributed by atoms with Gasteiger partial charge in [-0.25, -0.2) is 8.42 Å². The van der Waals surface area contributed by atoms with Crippen molar-refractivity contribution in [1.82, 2.24) is 15.1 Å². The van der Waals surface area contributed by atoms with E-state index in [4.69, 9.17) is 9.15 Å². The van der Waals surface area contributed by atoms with Gasteiger partial charge in [0.2, 0.25) is 5.91 Å². The number of sulfone groups is 1. The molecule has 3 rings (SSSR count). The molecule has 158 valence electrons. The van der Waals surface area contributed by atoms with Crippen molar-refractivity contribution in [2.45, 2.75) is 50.3 Å². The molecule has 1 amide bonds. The highest BCUT2D eigenvalue weighted by Crippen LogP contribution is 2.26. The molecule has 1 aromatic heterocycles. The first-order valence-corrected chi connectivity index (χ1v) is 12.2. The van der Waals surface area contributed by atoms with Crippen molar-refractivity contribution < 1.29 is 22.4 Å². The lowest BCUT2D eigenvalue weighted by molar-refractivity contribution is -0.131. The Morgan fingerprint density at radius 1 is 1.34 bits per heavy atom. The molecule has 2 unspecified atom stereocenters. The van der Waals surface area contributed by atoms with Gasteiger partial charge in [-0.05, 0) is 39.3 Å². The van der Waals surface area contributed by atoms with Crippen LogP contribution in [0.1, 0.15) is 31.7 Å². The van der Waals surface area contributed by atoms with Crippen LogP contribution in [0.3, 0.4) is 0 Å². The minimum atomic E-state index is -3.05. The second-order valence-electron chi connectivity index (χ2n) is 7.00. The van der Waals surface area contributed by atoms with Gasteiger partial charge in [-0.2, -0.15) is 0 Å². The SMILES string of the molecule is CCN(C(=O)C(C)Sc1nnc(COc2ccc(C)cc2)o1)C1CCS(=O)(=O)C1. The smallest absolute Gasteiger partial charge is 0.277 e. The number of rotatable bonds is 8. The van der Waals surface area contributed by atoms with Crippen LogP contribution in [-0.2, 0) is 21.2 Å². The molecule has 2 heterocycles. The van der Waals surface area contributed by atoms with E-state index in [9.17, 15) is 13.2 Å². The summed E-state index contributed by atoms with van der Waals surface area (Å²) in [5.41, 5.74) is 1.14. The van der Waals surface area contributed by atoms with Crippen molar-refractivity contribution in [3.05, 3.63) is 35.7 Å². The summed E-state index contributed by atoms with van der Waals surface area (Å²) in [7, 11) is -3.05. The van der Waals surface area contributed by atoms with Crippen molar-refractivity contribution in [2.75, 3.05) is 18.1 Å². The van der Waals surface area contributed by atoms with Crippen LogP contribution in [0.15, 0.2) is 33.9 Å². The Balaban J connectivity index is 1.55. The molecule has 29 heavy (non-hydrogen) atoms. The maximum atomic E-state index is 12.8. The average molecular weight is 440 g/mol. The number of benzene rings is 1. The number of amides is 1. The van der Waals surface area contributed by atoms with Gasteiger partial charge < -0.3 is 14.1 Å². The number of aromatic nitrogens is 2. The summed E-state index contributed by atoms with van der Waals surface area (Å²) in [4.78, 5) is 14.5. The Labute approximate surface area is 174 Å². The Kier molecular flexibility index (Phi) is 6.84. The molecule has 0 aliphatic carbocycles. The fourth-order valence-electron chi connectivity index (χ4n) is 3.17. The molecular formula is C19H25N3O5S2. The third kappa shape index (κ3) is 5.72. The number of carbonyl (C=O) groups excluding carboxylic acids is 1. The Morgan fingerprint density at radius 2 is 2.07 bits per heavy atom. The van der Waals surface area contributed by atoms with Gasteiger partial charge in [-0.3, -0.25) is 4.79 Å². The summed E-state index contributed by atoms with van der Waals surface area (Å²) < 4.78 is 34.7. The molecule has 1 fully saturated rings. The molecule has 0 bridgehead atoms. The Bertz CT molecular complexity index is 943. The second-order valence-corrected chi connectivity index (χ2v) is 10.5. The number of carbonyl (C=O) groups is 1. The van der Waals surface area contributed by atoms with Crippen LogP contribution in [-0.4, -0.2) is 58.8 Å². The van der Waals surface area contributed by atoms with Gasteiger partial charge in [-0.1, -0.05) is 29.5 Å². The molecule has 2 atom stereocenters.